The van der Waals surface area contributed by atoms with Crippen LogP contribution in [0.3, 0.4) is 0 Å². The Kier molecular flexibility index (Phi) is 10.1. The van der Waals surface area contributed by atoms with Gasteiger partial charge in [0.25, 0.3) is 5.91 Å². The van der Waals surface area contributed by atoms with Gasteiger partial charge >= 0.3 is 11.9 Å². The second-order valence-corrected chi connectivity index (χ2v) is 8.48. The fourth-order valence-corrected chi connectivity index (χ4v) is 3.21. The third-order valence-corrected chi connectivity index (χ3v) is 4.95. The molecular formula is C25H30F2N2O7. The van der Waals surface area contributed by atoms with Crippen molar-refractivity contribution in [3.63, 3.8) is 0 Å². The minimum atomic E-state index is -1.14. The fourth-order valence-electron chi connectivity index (χ4n) is 3.21. The Morgan fingerprint density at radius 1 is 1.06 bits per heavy atom. The summed E-state index contributed by atoms with van der Waals surface area (Å²) in [7, 11) is 1.33. The minimum Gasteiger partial charge on any atom is -0.493 e. The Balaban J connectivity index is 2.13. The smallest absolute Gasteiger partial charge is 0.328 e. The molecule has 1 aromatic heterocycles. The lowest BCUT2D eigenvalue weighted by Gasteiger charge is -2.27. The summed E-state index contributed by atoms with van der Waals surface area (Å²) in [5, 5.41) is 2.44. The first-order valence-corrected chi connectivity index (χ1v) is 11.3. The number of nitrogens with zero attached hydrogens (tertiary/aromatic N) is 1. The summed E-state index contributed by atoms with van der Waals surface area (Å²) >= 11 is 0. The number of nitrogens with one attached hydrogen (secondary N) is 1. The Hall–Kier alpha value is -3.76. The van der Waals surface area contributed by atoms with E-state index in [9.17, 15) is 23.2 Å². The number of ether oxygens (including phenoxy) is 4. The van der Waals surface area contributed by atoms with Crippen molar-refractivity contribution in [3.05, 3.63) is 47.8 Å². The highest BCUT2D eigenvalue weighted by atomic mass is 19.1. The molecule has 1 N–H and O–H groups in total. The lowest BCUT2D eigenvalue weighted by atomic mass is 10.0. The average Bonchev–Trinajstić information content (AvgIpc) is 2.80. The number of rotatable bonds is 11. The van der Waals surface area contributed by atoms with E-state index in [1.54, 1.807) is 6.92 Å². The van der Waals surface area contributed by atoms with Crippen molar-refractivity contribution in [2.75, 3.05) is 7.11 Å². The highest BCUT2D eigenvalue weighted by Crippen LogP contribution is 2.30. The highest BCUT2D eigenvalue weighted by molar-refractivity contribution is 5.98. The Morgan fingerprint density at radius 3 is 2.36 bits per heavy atom. The molecule has 0 spiro atoms. The SMILES string of the molecule is COc1ccnc(C(=O)N[C@@H](C)C(=O)O[C@@H](C)[C@@H](CC(C)C)Oc2cc(F)ccc2F)c1OC(C)=O. The van der Waals surface area contributed by atoms with Gasteiger partial charge in [-0.3, -0.25) is 9.59 Å². The molecule has 11 heteroatoms. The number of hydrogen-bond acceptors (Lipinski definition) is 8. The van der Waals surface area contributed by atoms with E-state index in [0.29, 0.717) is 6.42 Å². The third kappa shape index (κ3) is 7.89. The van der Waals surface area contributed by atoms with E-state index in [-0.39, 0.29) is 28.9 Å². The van der Waals surface area contributed by atoms with Crippen molar-refractivity contribution in [1.29, 1.82) is 0 Å². The van der Waals surface area contributed by atoms with Gasteiger partial charge in [-0.2, -0.15) is 0 Å². The maximum atomic E-state index is 14.1. The van der Waals surface area contributed by atoms with Crippen LogP contribution in [0.15, 0.2) is 30.5 Å². The Bertz CT molecular complexity index is 1090. The van der Waals surface area contributed by atoms with E-state index in [0.717, 1.165) is 25.1 Å². The molecular weight excluding hydrogens is 478 g/mol. The Morgan fingerprint density at radius 2 is 1.75 bits per heavy atom. The van der Waals surface area contributed by atoms with Gasteiger partial charge in [-0.15, -0.1) is 0 Å². The first kappa shape index (κ1) is 28.5. The zero-order valence-electron chi connectivity index (χ0n) is 21.0. The normalized spacial score (nSPS) is 13.4. The molecule has 0 bridgehead atoms. The van der Waals surface area contributed by atoms with Crippen LogP contribution in [0, 0.1) is 17.6 Å². The predicted octanol–water partition coefficient (Wildman–Crippen LogP) is 3.84. The first-order chi connectivity index (χ1) is 16.9. The molecule has 1 aromatic carbocycles. The van der Waals surface area contributed by atoms with Gasteiger partial charge in [0.05, 0.1) is 7.11 Å². The Labute approximate surface area is 208 Å². The van der Waals surface area contributed by atoms with Crippen LogP contribution in [0.25, 0.3) is 0 Å². The maximum Gasteiger partial charge on any atom is 0.328 e. The molecule has 0 saturated heterocycles. The van der Waals surface area contributed by atoms with Gasteiger partial charge in [-0.1, -0.05) is 13.8 Å². The van der Waals surface area contributed by atoms with Crippen LogP contribution in [0.4, 0.5) is 8.78 Å². The molecule has 1 amide bonds. The van der Waals surface area contributed by atoms with Crippen molar-refractivity contribution in [1.82, 2.24) is 10.3 Å². The van der Waals surface area contributed by atoms with Gasteiger partial charge in [0.2, 0.25) is 5.75 Å². The number of pyridine rings is 1. The molecule has 9 nitrogen and oxygen atoms in total. The molecule has 36 heavy (non-hydrogen) atoms. The van der Waals surface area contributed by atoms with Crippen LogP contribution >= 0.6 is 0 Å². The van der Waals surface area contributed by atoms with Crippen molar-refractivity contribution in [2.45, 2.75) is 59.3 Å². The fraction of sp³-hybridized carbons (Fsp3) is 0.440. The van der Waals surface area contributed by atoms with Crippen molar-refractivity contribution in [2.24, 2.45) is 5.92 Å². The van der Waals surface area contributed by atoms with Gasteiger partial charge in [-0.05, 0) is 38.3 Å². The molecule has 0 fully saturated rings. The molecule has 0 aliphatic heterocycles. The van der Waals surface area contributed by atoms with Gasteiger partial charge in [-0.25, -0.2) is 18.6 Å². The number of benzene rings is 1. The number of hydrogen-bond donors (Lipinski definition) is 1. The van der Waals surface area contributed by atoms with Crippen molar-refractivity contribution < 1.29 is 42.1 Å². The monoisotopic (exact) mass is 508 g/mol. The summed E-state index contributed by atoms with van der Waals surface area (Å²) in [5.74, 6) is -4.02. The molecule has 0 saturated carbocycles. The maximum absolute atomic E-state index is 14.1. The summed E-state index contributed by atoms with van der Waals surface area (Å²) in [6.45, 7) is 7.90. The quantitative estimate of drug-likeness (QED) is 0.456. The summed E-state index contributed by atoms with van der Waals surface area (Å²) in [6, 6.07) is 3.11. The van der Waals surface area contributed by atoms with Crippen LogP contribution in [0.5, 0.6) is 17.2 Å². The number of halogens is 2. The molecule has 2 aromatic rings. The standard InChI is InChI=1S/C25H30F2N2O7/c1-13(2)11-20(36-21-12-17(26)7-8-18(21)27)15(4)34-25(32)14(3)29-24(31)22-23(35-16(5)30)19(33-6)9-10-28-22/h7-10,12-15,20H,11H2,1-6H3,(H,29,31)/t14-,15-,20+/m0/s1. The van der Waals surface area contributed by atoms with E-state index < -0.39 is 47.7 Å². The number of aromatic nitrogens is 1. The number of carbonyl (C=O) groups is 3. The van der Waals surface area contributed by atoms with Crippen LogP contribution in [0.1, 0.15) is 51.5 Å². The first-order valence-electron chi connectivity index (χ1n) is 11.3. The van der Waals surface area contributed by atoms with Crippen LogP contribution in [0.2, 0.25) is 0 Å². The summed E-state index contributed by atoms with van der Waals surface area (Å²) in [4.78, 5) is 40.9. The highest BCUT2D eigenvalue weighted by Gasteiger charge is 2.29. The minimum absolute atomic E-state index is 0.0868. The van der Waals surface area contributed by atoms with Gasteiger partial charge in [0, 0.05) is 25.3 Å². The van der Waals surface area contributed by atoms with E-state index >= 15 is 0 Å². The van der Waals surface area contributed by atoms with E-state index in [1.165, 1.54) is 26.3 Å². The summed E-state index contributed by atoms with van der Waals surface area (Å²) < 4.78 is 49.0. The zero-order chi connectivity index (χ0) is 27.0. The molecule has 0 aliphatic carbocycles. The molecule has 2 rings (SSSR count). The average molecular weight is 509 g/mol. The number of methoxy groups -OCH3 is 1. The lowest BCUT2D eigenvalue weighted by molar-refractivity contribution is -0.155. The molecule has 0 unspecified atom stereocenters. The van der Waals surface area contributed by atoms with E-state index in [2.05, 4.69) is 10.3 Å². The lowest BCUT2D eigenvalue weighted by Crippen LogP contribution is -2.43. The zero-order valence-corrected chi connectivity index (χ0v) is 21.0. The van der Waals surface area contributed by atoms with Gasteiger partial charge in [0.15, 0.2) is 23.0 Å². The van der Waals surface area contributed by atoms with E-state index in [1.807, 2.05) is 13.8 Å². The molecule has 0 radical (unpaired) electrons. The van der Waals surface area contributed by atoms with Crippen molar-refractivity contribution in [3.8, 4) is 17.2 Å². The molecule has 196 valence electrons. The van der Waals surface area contributed by atoms with Crippen LogP contribution < -0.4 is 19.5 Å². The molecule has 0 aliphatic rings. The second kappa shape index (κ2) is 12.8. The molecule has 3 atom stereocenters. The van der Waals surface area contributed by atoms with Gasteiger partial charge < -0.3 is 24.3 Å². The van der Waals surface area contributed by atoms with Crippen molar-refractivity contribution >= 4 is 17.8 Å². The number of carbonyl (C=O) groups excluding carboxylic acids is 3. The third-order valence-electron chi connectivity index (χ3n) is 4.95. The predicted molar refractivity (Wildman–Crippen MR) is 125 cm³/mol. The van der Waals surface area contributed by atoms with Gasteiger partial charge in [0.1, 0.15) is 24.1 Å². The number of esters is 2. The van der Waals surface area contributed by atoms with E-state index in [4.69, 9.17) is 18.9 Å². The second-order valence-electron chi connectivity index (χ2n) is 8.48. The summed E-state index contributed by atoms with van der Waals surface area (Å²) in [6.07, 6.45) is 0.00719. The van der Waals surface area contributed by atoms with Crippen LogP contribution in [-0.4, -0.2) is 48.2 Å². The molecule has 1 heterocycles. The van der Waals surface area contributed by atoms with Crippen LogP contribution in [-0.2, 0) is 14.3 Å². The largest absolute Gasteiger partial charge is 0.493 e. The summed E-state index contributed by atoms with van der Waals surface area (Å²) in [5.41, 5.74) is -0.264. The number of amides is 1. The topological polar surface area (TPSA) is 113 Å².